The number of fused-ring (bicyclic) bond motifs is 1. The first-order valence-electron chi connectivity index (χ1n) is 7.25. The van der Waals surface area contributed by atoms with Gasteiger partial charge in [0.15, 0.2) is 0 Å². The summed E-state index contributed by atoms with van der Waals surface area (Å²) in [6, 6.07) is 7.15. The van der Waals surface area contributed by atoms with E-state index in [-0.39, 0.29) is 35.5 Å². The predicted octanol–water partition coefficient (Wildman–Crippen LogP) is 1.29. The standard InChI is InChI=1S/C15H16N2O3S2/c18-11-4-2-1-3-8(11)14-16-9(6-21-14)15-17-10(7-22-15)12(19)5-13(17)20/h1-4,9-10,12,15,18-19H,5-7H2. The Hall–Kier alpha value is -1.18. The van der Waals surface area contributed by atoms with Gasteiger partial charge in [0.2, 0.25) is 5.91 Å². The number of rotatable bonds is 2. The molecule has 4 rings (SSSR count). The molecule has 1 aromatic rings. The van der Waals surface area contributed by atoms with Crippen molar-refractivity contribution in [3.8, 4) is 5.75 Å². The van der Waals surface area contributed by atoms with Crippen LogP contribution in [0.25, 0.3) is 0 Å². The lowest BCUT2D eigenvalue weighted by Gasteiger charge is -2.26. The van der Waals surface area contributed by atoms with E-state index in [0.717, 1.165) is 22.1 Å². The van der Waals surface area contributed by atoms with Crippen LogP contribution in [0.3, 0.4) is 0 Å². The number of aliphatic hydroxyl groups is 1. The number of hydrogen-bond acceptors (Lipinski definition) is 6. The molecule has 5 nitrogen and oxygen atoms in total. The number of benzene rings is 1. The van der Waals surface area contributed by atoms with Crippen molar-refractivity contribution in [1.29, 1.82) is 0 Å². The molecule has 116 valence electrons. The molecule has 1 amide bonds. The van der Waals surface area contributed by atoms with Crippen LogP contribution in [-0.4, -0.2) is 61.1 Å². The van der Waals surface area contributed by atoms with Crippen molar-refractivity contribution in [2.75, 3.05) is 11.5 Å². The van der Waals surface area contributed by atoms with Crippen LogP contribution < -0.4 is 0 Å². The first-order valence-corrected chi connectivity index (χ1v) is 9.28. The fourth-order valence-corrected chi connectivity index (χ4v) is 6.06. The van der Waals surface area contributed by atoms with Crippen LogP contribution in [0.4, 0.5) is 0 Å². The highest BCUT2D eigenvalue weighted by atomic mass is 32.2. The van der Waals surface area contributed by atoms with Gasteiger partial charge in [-0.25, -0.2) is 0 Å². The highest BCUT2D eigenvalue weighted by molar-refractivity contribution is 8.14. The van der Waals surface area contributed by atoms with Gasteiger partial charge < -0.3 is 15.1 Å². The van der Waals surface area contributed by atoms with E-state index in [0.29, 0.717) is 0 Å². The predicted molar refractivity (Wildman–Crippen MR) is 88.4 cm³/mol. The molecule has 2 N–H and O–H groups in total. The van der Waals surface area contributed by atoms with Gasteiger partial charge in [-0.05, 0) is 12.1 Å². The van der Waals surface area contributed by atoms with Crippen LogP contribution >= 0.6 is 23.5 Å². The smallest absolute Gasteiger partial charge is 0.226 e. The summed E-state index contributed by atoms with van der Waals surface area (Å²) in [4.78, 5) is 18.7. The van der Waals surface area contributed by atoms with Crippen molar-refractivity contribution in [2.24, 2.45) is 4.99 Å². The van der Waals surface area contributed by atoms with E-state index >= 15 is 0 Å². The second-order valence-corrected chi connectivity index (χ2v) is 7.85. The zero-order valence-corrected chi connectivity index (χ0v) is 13.4. The molecular weight excluding hydrogens is 320 g/mol. The summed E-state index contributed by atoms with van der Waals surface area (Å²) in [6.45, 7) is 0. The van der Waals surface area contributed by atoms with E-state index in [4.69, 9.17) is 4.99 Å². The van der Waals surface area contributed by atoms with Gasteiger partial charge in [-0.15, -0.1) is 23.5 Å². The molecule has 0 bridgehead atoms. The maximum atomic E-state index is 12.1. The van der Waals surface area contributed by atoms with E-state index in [9.17, 15) is 15.0 Å². The Morgan fingerprint density at radius 3 is 2.91 bits per heavy atom. The number of aliphatic imine (C=N–C) groups is 1. The monoisotopic (exact) mass is 336 g/mol. The lowest BCUT2D eigenvalue weighted by atomic mass is 10.2. The maximum Gasteiger partial charge on any atom is 0.226 e. The fourth-order valence-electron chi connectivity index (χ4n) is 3.22. The highest BCUT2D eigenvalue weighted by Gasteiger charge is 2.50. The van der Waals surface area contributed by atoms with Crippen molar-refractivity contribution in [2.45, 2.75) is 30.0 Å². The first kappa shape index (κ1) is 14.4. The van der Waals surface area contributed by atoms with Crippen LogP contribution in [0.15, 0.2) is 29.3 Å². The number of aromatic hydroxyl groups is 1. The van der Waals surface area contributed by atoms with Gasteiger partial charge in [0, 0.05) is 17.1 Å². The minimum Gasteiger partial charge on any atom is -0.507 e. The molecule has 0 aromatic heterocycles. The number of amides is 1. The van der Waals surface area contributed by atoms with Crippen LogP contribution in [0.1, 0.15) is 12.0 Å². The minimum absolute atomic E-state index is 0.00510. The van der Waals surface area contributed by atoms with Gasteiger partial charge in [-0.1, -0.05) is 12.1 Å². The molecule has 0 spiro atoms. The van der Waals surface area contributed by atoms with E-state index in [1.165, 1.54) is 0 Å². The molecule has 3 aliphatic heterocycles. The van der Waals surface area contributed by atoms with Crippen LogP contribution in [-0.2, 0) is 4.79 Å². The second kappa shape index (κ2) is 5.47. The Balaban J connectivity index is 1.58. The van der Waals surface area contributed by atoms with Crippen LogP contribution in [0, 0.1) is 0 Å². The van der Waals surface area contributed by atoms with E-state index in [1.54, 1.807) is 35.7 Å². The summed E-state index contributed by atoms with van der Waals surface area (Å²) in [5, 5.41) is 20.7. The van der Waals surface area contributed by atoms with E-state index in [1.807, 2.05) is 17.0 Å². The summed E-state index contributed by atoms with van der Waals surface area (Å²) < 4.78 is 0. The molecular formula is C15H16N2O3S2. The first-order chi connectivity index (χ1) is 10.6. The lowest BCUT2D eigenvalue weighted by molar-refractivity contribution is -0.129. The van der Waals surface area contributed by atoms with Gasteiger partial charge in [0.1, 0.15) is 16.2 Å². The number of hydrogen-bond donors (Lipinski definition) is 2. The van der Waals surface area contributed by atoms with E-state index < -0.39 is 6.10 Å². The lowest BCUT2D eigenvalue weighted by Crippen LogP contribution is -2.42. The zero-order chi connectivity index (χ0) is 15.3. The summed E-state index contributed by atoms with van der Waals surface area (Å²) in [5.74, 6) is 1.84. The number of carbonyl (C=O) groups excluding carboxylic acids is 1. The third-order valence-electron chi connectivity index (χ3n) is 4.32. The summed E-state index contributed by atoms with van der Waals surface area (Å²) >= 11 is 3.32. The van der Waals surface area contributed by atoms with Crippen molar-refractivity contribution in [1.82, 2.24) is 4.90 Å². The Bertz CT molecular complexity index is 651. The Kier molecular flexibility index (Phi) is 3.58. The SMILES string of the molecule is O=C1CC(O)C2CSC(C3CSC(c4ccccc4O)=N3)N12. The van der Waals surface area contributed by atoms with Gasteiger partial charge >= 0.3 is 0 Å². The molecule has 3 aliphatic rings. The molecule has 4 atom stereocenters. The quantitative estimate of drug-likeness (QED) is 0.851. The van der Waals surface area contributed by atoms with E-state index in [2.05, 4.69) is 0 Å². The summed E-state index contributed by atoms with van der Waals surface area (Å²) in [6.07, 6.45) is -0.307. The molecule has 0 radical (unpaired) electrons. The molecule has 3 heterocycles. The largest absolute Gasteiger partial charge is 0.507 e. The van der Waals surface area contributed by atoms with Crippen LogP contribution in [0.5, 0.6) is 5.75 Å². The molecule has 1 aromatic carbocycles. The van der Waals surface area contributed by atoms with Gasteiger partial charge in [-0.2, -0.15) is 0 Å². The molecule has 7 heteroatoms. The molecule has 4 unspecified atom stereocenters. The zero-order valence-electron chi connectivity index (χ0n) is 11.8. The molecule has 0 aliphatic carbocycles. The van der Waals surface area contributed by atoms with Crippen LogP contribution in [0.2, 0.25) is 0 Å². The Morgan fingerprint density at radius 1 is 1.27 bits per heavy atom. The van der Waals surface area contributed by atoms with Crippen molar-refractivity contribution >= 4 is 34.5 Å². The molecule has 2 saturated heterocycles. The Labute approximate surface area is 136 Å². The third-order valence-corrected chi connectivity index (χ3v) is 6.85. The third kappa shape index (κ3) is 2.23. The average Bonchev–Trinajstić information content (AvgIpc) is 3.18. The number of nitrogens with zero attached hydrogens (tertiary/aromatic N) is 2. The molecule has 0 saturated carbocycles. The molecule has 2 fully saturated rings. The van der Waals surface area contributed by atoms with Crippen molar-refractivity contribution in [3.63, 3.8) is 0 Å². The number of para-hydroxylation sites is 1. The summed E-state index contributed by atoms with van der Waals surface area (Å²) in [5.41, 5.74) is 0.752. The number of phenolic OH excluding ortho intramolecular Hbond substituents is 1. The van der Waals surface area contributed by atoms with Crippen molar-refractivity contribution in [3.05, 3.63) is 29.8 Å². The van der Waals surface area contributed by atoms with Gasteiger partial charge in [0.25, 0.3) is 0 Å². The average molecular weight is 336 g/mol. The maximum absolute atomic E-state index is 12.1. The van der Waals surface area contributed by atoms with Crippen molar-refractivity contribution < 1.29 is 15.0 Å². The number of carbonyl (C=O) groups is 1. The second-order valence-electron chi connectivity index (χ2n) is 5.69. The van der Waals surface area contributed by atoms with Gasteiger partial charge in [-0.3, -0.25) is 9.79 Å². The number of phenols is 1. The molecule has 22 heavy (non-hydrogen) atoms. The van der Waals surface area contributed by atoms with Gasteiger partial charge in [0.05, 0.1) is 24.6 Å². The topological polar surface area (TPSA) is 73.1 Å². The normalized spacial score (nSPS) is 34.1. The Morgan fingerprint density at radius 2 is 2.09 bits per heavy atom. The fraction of sp³-hybridized carbons (Fsp3) is 0.467. The summed E-state index contributed by atoms with van der Waals surface area (Å²) in [7, 11) is 0. The number of thioether (sulfide) groups is 2. The highest BCUT2D eigenvalue weighted by Crippen LogP contribution is 2.42. The number of aliphatic hydroxyl groups excluding tert-OH is 1. The minimum atomic E-state index is -0.541.